The molecule has 0 saturated carbocycles. The molecule has 3 aromatic rings. The van der Waals surface area contributed by atoms with Crippen LogP contribution >= 0.6 is 0 Å². The van der Waals surface area contributed by atoms with Crippen molar-refractivity contribution < 1.29 is 23.3 Å². The van der Waals surface area contributed by atoms with Crippen molar-refractivity contribution in [2.24, 2.45) is 0 Å². The summed E-state index contributed by atoms with van der Waals surface area (Å²) in [6.07, 6.45) is 0. The molecule has 0 spiro atoms. The lowest BCUT2D eigenvalue weighted by Gasteiger charge is -2.24. The minimum atomic E-state index is -0.906. The van der Waals surface area contributed by atoms with Gasteiger partial charge < -0.3 is 14.1 Å². The van der Waals surface area contributed by atoms with Crippen LogP contribution in [0.15, 0.2) is 51.7 Å². The molecule has 148 valence electrons. The number of benzene rings is 2. The van der Waals surface area contributed by atoms with Gasteiger partial charge in [0.25, 0.3) is 11.6 Å². The van der Waals surface area contributed by atoms with Gasteiger partial charge in [-0.3, -0.25) is 19.7 Å². The molecule has 0 bridgehead atoms. The second kappa shape index (κ2) is 7.10. The number of halogens is 1. The number of nitro groups is 1. The van der Waals surface area contributed by atoms with Gasteiger partial charge in [-0.2, -0.15) is 0 Å². The van der Waals surface area contributed by atoms with Crippen LogP contribution in [0.2, 0.25) is 0 Å². The van der Waals surface area contributed by atoms with Crippen molar-refractivity contribution >= 4 is 22.6 Å². The van der Waals surface area contributed by atoms with E-state index >= 15 is 0 Å². The van der Waals surface area contributed by atoms with Crippen molar-refractivity contribution in [3.63, 3.8) is 0 Å². The molecule has 0 aliphatic carbocycles. The average molecular weight is 398 g/mol. The first kappa shape index (κ1) is 18.8. The highest BCUT2D eigenvalue weighted by Gasteiger charge is 2.42. The van der Waals surface area contributed by atoms with Crippen LogP contribution in [0.25, 0.3) is 11.0 Å². The lowest BCUT2D eigenvalue weighted by Crippen LogP contribution is -2.32. The second-order valence-corrected chi connectivity index (χ2v) is 6.56. The number of hydrogen-bond acceptors (Lipinski definition) is 6. The molecule has 0 fully saturated rings. The monoisotopic (exact) mass is 398 g/mol. The van der Waals surface area contributed by atoms with E-state index in [1.807, 2.05) is 0 Å². The molecule has 0 saturated heterocycles. The maximum atomic E-state index is 13.7. The lowest BCUT2D eigenvalue weighted by atomic mass is 9.98. The van der Waals surface area contributed by atoms with Crippen LogP contribution in [-0.2, 0) is 4.74 Å². The number of methoxy groups -OCH3 is 1. The molecule has 0 radical (unpaired) electrons. The molecule has 1 unspecified atom stereocenters. The van der Waals surface area contributed by atoms with Crippen molar-refractivity contribution in [3.05, 3.63) is 85.5 Å². The molecule has 9 heteroatoms. The van der Waals surface area contributed by atoms with Crippen LogP contribution in [0.3, 0.4) is 0 Å². The van der Waals surface area contributed by atoms with Gasteiger partial charge >= 0.3 is 0 Å². The van der Waals surface area contributed by atoms with Gasteiger partial charge in [0.1, 0.15) is 11.4 Å². The van der Waals surface area contributed by atoms with Gasteiger partial charge in [0, 0.05) is 25.8 Å². The molecular formula is C20H15FN2O6. The molecule has 1 aromatic heterocycles. The Balaban J connectivity index is 1.98. The standard InChI is InChI=1S/C20H15FN2O6/c1-28-8-7-22-17(11-3-2-4-13(9-11)23(26)27)16-18(24)14-10-12(21)5-6-15(14)29-19(16)20(22)25/h2-6,9-10,17H,7-8H2,1H3. The zero-order valence-corrected chi connectivity index (χ0v) is 15.3. The molecule has 0 N–H and O–H groups in total. The molecule has 4 rings (SSSR count). The molecule has 1 amide bonds. The highest BCUT2D eigenvalue weighted by Crippen LogP contribution is 2.38. The Morgan fingerprint density at radius 2 is 2.03 bits per heavy atom. The van der Waals surface area contributed by atoms with Gasteiger partial charge in [0.15, 0.2) is 5.43 Å². The Morgan fingerprint density at radius 1 is 1.24 bits per heavy atom. The number of amides is 1. The molecule has 8 nitrogen and oxygen atoms in total. The summed E-state index contributed by atoms with van der Waals surface area (Å²) in [5.74, 6) is -1.30. The predicted molar refractivity (Wildman–Crippen MR) is 100 cm³/mol. The smallest absolute Gasteiger partial charge is 0.290 e. The summed E-state index contributed by atoms with van der Waals surface area (Å²) >= 11 is 0. The molecule has 2 heterocycles. The van der Waals surface area contributed by atoms with E-state index in [9.17, 15) is 24.1 Å². The molecular weight excluding hydrogens is 383 g/mol. The summed E-state index contributed by atoms with van der Waals surface area (Å²) < 4.78 is 24.4. The van der Waals surface area contributed by atoms with Gasteiger partial charge in [-0.05, 0) is 23.8 Å². The van der Waals surface area contributed by atoms with E-state index in [-0.39, 0.29) is 41.1 Å². The highest BCUT2D eigenvalue weighted by atomic mass is 19.1. The van der Waals surface area contributed by atoms with Crippen molar-refractivity contribution in [3.8, 4) is 0 Å². The number of rotatable bonds is 5. The minimum absolute atomic E-state index is 0.000530. The Kier molecular flexibility index (Phi) is 4.59. The summed E-state index contributed by atoms with van der Waals surface area (Å²) in [5, 5.41) is 11.2. The maximum absolute atomic E-state index is 13.7. The minimum Gasteiger partial charge on any atom is -0.450 e. The quantitative estimate of drug-likeness (QED) is 0.483. The Morgan fingerprint density at radius 3 is 2.76 bits per heavy atom. The third-order valence-corrected chi connectivity index (χ3v) is 4.86. The zero-order valence-electron chi connectivity index (χ0n) is 15.3. The molecule has 1 atom stereocenters. The molecule has 1 aliphatic rings. The number of hydrogen-bond donors (Lipinski definition) is 0. The third-order valence-electron chi connectivity index (χ3n) is 4.86. The van der Waals surface area contributed by atoms with Gasteiger partial charge in [0.05, 0.1) is 28.5 Å². The Bertz CT molecular complexity index is 1210. The summed E-state index contributed by atoms with van der Waals surface area (Å²) in [4.78, 5) is 38.2. The Hall–Kier alpha value is -3.59. The fourth-order valence-electron chi connectivity index (χ4n) is 3.57. The number of ether oxygens (including phenoxy) is 1. The van der Waals surface area contributed by atoms with E-state index in [2.05, 4.69) is 0 Å². The van der Waals surface area contributed by atoms with Crippen LogP contribution in [0, 0.1) is 15.9 Å². The first-order chi connectivity index (χ1) is 13.9. The zero-order chi connectivity index (χ0) is 20.7. The summed E-state index contributed by atoms with van der Waals surface area (Å²) in [6, 6.07) is 8.27. The largest absolute Gasteiger partial charge is 0.450 e. The van der Waals surface area contributed by atoms with E-state index in [1.165, 1.54) is 36.3 Å². The number of carbonyl (C=O) groups is 1. The number of non-ortho nitro benzene ring substituents is 1. The maximum Gasteiger partial charge on any atom is 0.290 e. The number of nitro benzene ring substituents is 1. The van der Waals surface area contributed by atoms with Gasteiger partial charge in [-0.15, -0.1) is 0 Å². The van der Waals surface area contributed by atoms with E-state index < -0.39 is 28.1 Å². The third kappa shape index (κ3) is 3.05. The van der Waals surface area contributed by atoms with Crippen molar-refractivity contribution in [2.75, 3.05) is 20.3 Å². The summed E-state index contributed by atoms with van der Waals surface area (Å²) in [5.41, 5.74) is -0.220. The highest BCUT2D eigenvalue weighted by molar-refractivity contribution is 5.99. The number of fused-ring (bicyclic) bond motifs is 2. The topological polar surface area (TPSA) is 103 Å². The first-order valence-corrected chi connectivity index (χ1v) is 8.73. The van der Waals surface area contributed by atoms with Crippen LogP contribution in [0.5, 0.6) is 0 Å². The van der Waals surface area contributed by atoms with Gasteiger partial charge in [0.2, 0.25) is 5.76 Å². The Labute approximate surface area is 163 Å². The predicted octanol–water partition coefficient (Wildman–Crippen LogP) is 3.03. The van der Waals surface area contributed by atoms with Crippen LogP contribution in [0.1, 0.15) is 27.7 Å². The van der Waals surface area contributed by atoms with Crippen LogP contribution < -0.4 is 5.43 Å². The van der Waals surface area contributed by atoms with E-state index in [4.69, 9.17) is 9.15 Å². The van der Waals surface area contributed by atoms with Crippen molar-refractivity contribution in [1.82, 2.24) is 4.90 Å². The number of carbonyl (C=O) groups excluding carboxylic acids is 1. The van der Waals surface area contributed by atoms with Crippen molar-refractivity contribution in [1.29, 1.82) is 0 Å². The molecule has 1 aliphatic heterocycles. The first-order valence-electron chi connectivity index (χ1n) is 8.73. The molecule has 29 heavy (non-hydrogen) atoms. The fourth-order valence-corrected chi connectivity index (χ4v) is 3.57. The lowest BCUT2D eigenvalue weighted by molar-refractivity contribution is -0.384. The summed E-state index contributed by atoms with van der Waals surface area (Å²) in [6.45, 7) is 0.324. The molecule has 2 aromatic carbocycles. The van der Waals surface area contributed by atoms with Crippen molar-refractivity contribution in [2.45, 2.75) is 6.04 Å². The normalized spacial score (nSPS) is 15.7. The van der Waals surface area contributed by atoms with E-state index in [1.54, 1.807) is 6.07 Å². The SMILES string of the molecule is COCCN1C(=O)c2oc3ccc(F)cc3c(=O)c2C1c1cccc([N+](=O)[O-])c1. The van der Waals surface area contributed by atoms with Gasteiger partial charge in [-0.1, -0.05) is 12.1 Å². The fraction of sp³-hybridized carbons (Fsp3) is 0.200. The second-order valence-electron chi connectivity index (χ2n) is 6.56. The van der Waals surface area contributed by atoms with Crippen LogP contribution in [-0.4, -0.2) is 36.0 Å². The van der Waals surface area contributed by atoms with Crippen LogP contribution in [0.4, 0.5) is 10.1 Å². The number of nitrogens with zero attached hydrogens (tertiary/aromatic N) is 2. The average Bonchev–Trinajstić information content (AvgIpc) is 2.99. The van der Waals surface area contributed by atoms with Gasteiger partial charge in [-0.25, -0.2) is 4.39 Å². The van der Waals surface area contributed by atoms with E-state index in [0.717, 1.165) is 12.1 Å². The van der Waals surface area contributed by atoms with E-state index in [0.29, 0.717) is 5.56 Å². The summed E-state index contributed by atoms with van der Waals surface area (Å²) in [7, 11) is 1.47.